The number of nitrogens with zero attached hydrogens (tertiary/aromatic N) is 5. The van der Waals surface area contributed by atoms with Crippen LogP contribution < -0.4 is 5.73 Å². The molecule has 1 aromatic carbocycles. The minimum atomic E-state index is 0.384. The average molecular weight is 578 g/mol. The van der Waals surface area contributed by atoms with E-state index in [2.05, 4.69) is 75.7 Å². The maximum atomic E-state index is 9.47. The second kappa shape index (κ2) is 14.9. The van der Waals surface area contributed by atoms with Gasteiger partial charge in [0.05, 0.1) is 18.6 Å². The van der Waals surface area contributed by atoms with Crippen molar-refractivity contribution in [1.29, 1.82) is 5.41 Å². The van der Waals surface area contributed by atoms with Crippen LogP contribution in [-0.4, -0.2) is 95.0 Å². The number of aliphatic imine (C=N–C) groups is 1. The van der Waals surface area contributed by atoms with Crippen molar-refractivity contribution in [3.63, 3.8) is 0 Å². The van der Waals surface area contributed by atoms with Gasteiger partial charge in [0.2, 0.25) is 0 Å². The quantitative estimate of drug-likeness (QED) is 0.276. The standard InChI is InChI=1S/C35H59N7/c1-4-12-31(24-39-19-11-18-30(39)25-41-32(21-27(2)3)23-38-34(41)36)42-26-33(22-29-15-6-5-7-16-29)40(35(42)37)20-10-17-28-13-8-9-14-28/h5-7,15-16,27-28,30-33,37H,4,8-14,17-26H2,1-3H3,(H2,36,38)/t30-,31-,32+,33+/m0/s1. The maximum Gasteiger partial charge on any atom is 0.194 e. The first-order chi connectivity index (χ1) is 20.4. The Bertz CT molecular complexity index is 1000. The molecule has 0 aromatic heterocycles. The molecule has 1 saturated carbocycles. The molecule has 5 rings (SSSR count). The molecular formula is C35H59N7. The fourth-order valence-electron chi connectivity index (χ4n) is 8.35. The van der Waals surface area contributed by atoms with E-state index in [1.165, 1.54) is 56.9 Å². The van der Waals surface area contributed by atoms with Gasteiger partial charge in [-0.15, -0.1) is 0 Å². The van der Waals surface area contributed by atoms with E-state index in [0.29, 0.717) is 30.1 Å². The highest BCUT2D eigenvalue weighted by Crippen LogP contribution is 2.31. The number of hydrogen-bond donors (Lipinski definition) is 2. The van der Waals surface area contributed by atoms with Crippen molar-refractivity contribution in [2.24, 2.45) is 22.6 Å². The van der Waals surface area contributed by atoms with Crippen molar-refractivity contribution < 1.29 is 0 Å². The molecule has 3 N–H and O–H groups in total. The lowest BCUT2D eigenvalue weighted by molar-refractivity contribution is 0.150. The van der Waals surface area contributed by atoms with Crippen LogP contribution in [0.5, 0.6) is 0 Å². The number of rotatable bonds is 15. The fourth-order valence-corrected chi connectivity index (χ4v) is 8.35. The third kappa shape index (κ3) is 7.81. The van der Waals surface area contributed by atoms with Gasteiger partial charge >= 0.3 is 0 Å². The van der Waals surface area contributed by atoms with Crippen molar-refractivity contribution in [1.82, 2.24) is 19.6 Å². The molecule has 2 saturated heterocycles. The smallest absolute Gasteiger partial charge is 0.194 e. The molecule has 7 nitrogen and oxygen atoms in total. The van der Waals surface area contributed by atoms with Crippen LogP contribution in [0, 0.1) is 17.2 Å². The normalized spacial score (nSPS) is 26.3. The first-order valence-electron chi connectivity index (χ1n) is 17.4. The van der Waals surface area contributed by atoms with E-state index < -0.39 is 0 Å². The highest BCUT2D eigenvalue weighted by molar-refractivity contribution is 5.80. The molecule has 3 fully saturated rings. The van der Waals surface area contributed by atoms with E-state index in [1.54, 1.807) is 0 Å². The van der Waals surface area contributed by atoms with E-state index in [-0.39, 0.29) is 0 Å². The number of nitrogens with two attached hydrogens (primary N) is 1. The van der Waals surface area contributed by atoms with Gasteiger partial charge in [-0.2, -0.15) is 0 Å². The van der Waals surface area contributed by atoms with E-state index in [0.717, 1.165) is 82.8 Å². The lowest BCUT2D eigenvalue weighted by Gasteiger charge is -2.37. The second-order valence-electron chi connectivity index (χ2n) is 14.2. The van der Waals surface area contributed by atoms with Crippen LogP contribution in [0.3, 0.4) is 0 Å². The minimum Gasteiger partial charge on any atom is -0.370 e. The zero-order chi connectivity index (χ0) is 29.5. The van der Waals surface area contributed by atoms with Gasteiger partial charge in [-0.3, -0.25) is 15.3 Å². The van der Waals surface area contributed by atoms with Crippen molar-refractivity contribution in [2.45, 2.75) is 122 Å². The van der Waals surface area contributed by atoms with Gasteiger partial charge in [0.1, 0.15) is 0 Å². The van der Waals surface area contributed by atoms with Gasteiger partial charge in [-0.25, -0.2) is 0 Å². The van der Waals surface area contributed by atoms with Crippen molar-refractivity contribution in [2.75, 3.05) is 39.3 Å². The van der Waals surface area contributed by atoms with Crippen molar-refractivity contribution in [3.8, 4) is 0 Å². The van der Waals surface area contributed by atoms with Crippen LogP contribution in [-0.2, 0) is 6.42 Å². The predicted octanol–water partition coefficient (Wildman–Crippen LogP) is 5.80. The highest BCUT2D eigenvalue weighted by Gasteiger charge is 2.40. The average Bonchev–Trinajstić information content (AvgIpc) is 3.77. The van der Waals surface area contributed by atoms with Gasteiger partial charge < -0.3 is 20.4 Å². The van der Waals surface area contributed by atoms with E-state index in [1.807, 2.05) is 0 Å². The fraction of sp³-hybridized carbons (Fsp3) is 0.771. The number of benzene rings is 1. The molecule has 4 atom stereocenters. The Morgan fingerprint density at radius 3 is 2.52 bits per heavy atom. The van der Waals surface area contributed by atoms with Gasteiger partial charge in [0, 0.05) is 38.3 Å². The third-order valence-corrected chi connectivity index (χ3v) is 10.5. The zero-order valence-electron chi connectivity index (χ0n) is 26.9. The SMILES string of the molecule is CCC[C@@H](CN1CCC[C@H]1CN1C(N)=NC[C@H]1CC(C)C)N1C[C@@H](Cc2ccccc2)N(CCCC2CCCC2)C1=N. The Morgan fingerprint density at radius 1 is 1.00 bits per heavy atom. The summed E-state index contributed by atoms with van der Waals surface area (Å²) >= 11 is 0. The number of hydrogen-bond acceptors (Lipinski definition) is 5. The van der Waals surface area contributed by atoms with Crippen molar-refractivity contribution >= 4 is 11.9 Å². The van der Waals surface area contributed by atoms with Crippen LogP contribution >= 0.6 is 0 Å². The first kappa shape index (κ1) is 31.2. The largest absolute Gasteiger partial charge is 0.370 e. The lowest BCUT2D eigenvalue weighted by Crippen LogP contribution is -2.52. The van der Waals surface area contributed by atoms with Crippen molar-refractivity contribution in [3.05, 3.63) is 35.9 Å². The molecule has 0 spiro atoms. The molecule has 0 unspecified atom stereocenters. The summed E-state index contributed by atoms with van der Waals surface area (Å²) in [6, 6.07) is 12.7. The Kier molecular flexibility index (Phi) is 11.1. The summed E-state index contributed by atoms with van der Waals surface area (Å²) in [4.78, 5) is 14.8. The molecule has 0 amide bonds. The third-order valence-electron chi connectivity index (χ3n) is 10.5. The van der Waals surface area contributed by atoms with Crippen LogP contribution in [0.4, 0.5) is 0 Å². The van der Waals surface area contributed by atoms with E-state index >= 15 is 0 Å². The summed E-state index contributed by atoms with van der Waals surface area (Å²) in [6.45, 7) is 13.0. The molecule has 42 heavy (non-hydrogen) atoms. The van der Waals surface area contributed by atoms with Gasteiger partial charge in [-0.1, -0.05) is 83.2 Å². The summed E-state index contributed by atoms with van der Waals surface area (Å²) in [5.74, 6) is 3.10. The monoisotopic (exact) mass is 577 g/mol. The van der Waals surface area contributed by atoms with Gasteiger partial charge in [0.15, 0.2) is 11.9 Å². The zero-order valence-corrected chi connectivity index (χ0v) is 26.9. The minimum absolute atomic E-state index is 0.384. The summed E-state index contributed by atoms with van der Waals surface area (Å²) in [5, 5.41) is 9.47. The Labute approximate surface area is 256 Å². The topological polar surface area (TPSA) is 75.2 Å². The molecule has 1 aliphatic carbocycles. The highest BCUT2D eigenvalue weighted by atomic mass is 15.5. The molecule has 3 aliphatic heterocycles. The van der Waals surface area contributed by atoms with E-state index in [9.17, 15) is 5.41 Å². The van der Waals surface area contributed by atoms with Gasteiger partial charge in [-0.05, 0) is 68.9 Å². The summed E-state index contributed by atoms with van der Waals surface area (Å²) in [5.41, 5.74) is 7.82. The number of guanidine groups is 2. The number of nitrogens with one attached hydrogen (secondary N) is 1. The maximum absolute atomic E-state index is 9.47. The van der Waals surface area contributed by atoms with Crippen LogP contribution in [0.25, 0.3) is 0 Å². The molecule has 0 bridgehead atoms. The number of likely N-dealkylation sites (tertiary alicyclic amines) is 1. The Morgan fingerprint density at radius 2 is 1.79 bits per heavy atom. The first-order valence-corrected chi connectivity index (χ1v) is 17.4. The Hall–Kier alpha value is -2.28. The molecule has 4 aliphatic rings. The summed E-state index contributed by atoms with van der Waals surface area (Å²) in [7, 11) is 0. The lowest BCUT2D eigenvalue weighted by atomic mass is 10.0. The van der Waals surface area contributed by atoms with Crippen LogP contribution in [0.1, 0.15) is 97.0 Å². The summed E-state index contributed by atoms with van der Waals surface area (Å²) in [6.07, 6.45) is 15.2. The molecule has 7 heteroatoms. The predicted molar refractivity (Wildman–Crippen MR) is 176 cm³/mol. The molecule has 3 heterocycles. The molecule has 234 valence electrons. The van der Waals surface area contributed by atoms with Crippen LogP contribution in [0.15, 0.2) is 35.3 Å². The molecule has 1 aromatic rings. The van der Waals surface area contributed by atoms with E-state index in [4.69, 9.17) is 5.73 Å². The Balaban J connectivity index is 1.25. The van der Waals surface area contributed by atoms with Crippen LogP contribution in [0.2, 0.25) is 0 Å². The second-order valence-corrected chi connectivity index (χ2v) is 14.2. The van der Waals surface area contributed by atoms with Gasteiger partial charge in [0.25, 0.3) is 0 Å². The molecular weight excluding hydrogens is 518 g/mol. The summed E-state index contributed by atoms with van der Waals surface area (Å²) < 4.78 is 0. The molecule has 0 radical (unpaired) electrons.